The molecule has 0 unspecified atom stereocenters. The van der Waals surface area contributed by atoms with Crippen molar-refractivity contribution in [1.29, 1.82) is 0 Å². The Morgan fingerprint density at radius 3 is 2.24 bits per heavy atom. The summed E-state index contributed by atoms with van der Waals surface area (Å²) >= 11 is 5.17. The van der Waals surface area contributed by atoms with Gasteiger partial charge < -0.3 is 10.6 Å². The van der Waals surface area contributed by atoms with Crippen LogP contribution >= 0.6 is 12.2 Å². The number of rotatable bonds is 4. The van der Waals surface area contributed by atoms with Crippen molar-refractivity contribution in [2.24, 2.45) is 11.7 Å². The van der Waals surface area contributed by atoms with Crippen LogP contribution in [0.3, 0.4) is 0 Å². The van der Waals surface area contributed by atoms with Gasteiger partial charge >= 0.3 is 0 Å². The summed E-state index contributed by atoms with van der Waals surface area (Å²) in [5.74, 6) is 0.587. The van der Waals surface area contributed by atoms with E-state index >= 15 is 0 Å². The fourth-order valence-corrected chi connectivity index (χ4v) is 4.88. The third-order valence-corrected chi connectivity index (χ3v) is 6.80. The summed E-state index contributed by atoms with van der Waals surface area (Å²) in [6.45, 7) is 4.88. The van der Waals surface area contributed by atoms with Gasteiger partial charge in [-0.3, -0.25) is 0 Å². The zero-order valence-corrected chi connectivity index (χ0v) is 14.5. The zero-order valence-electron chi connectivity index (χ0n) is 12.8. The summed E-state index contributed by atoms with van der Waals surface area (Å²) in [5, 5.41) is 0. The summed E-state index contributed by atoms with van der Waals surface area (Å²) < 4.78 is 29.6. The third kappa shape index (κ3) is 3.92. The SMILES string of the molecule is CC1CCN(S(=O)(=O)NC2(C(N)=S)CCN(C)CC2)CC1. The van der Waals surface area contributed by atoms with E-state index in [0.29, 0.717) is 31.8 Å². The third-order valence-electron chi connectivity index (χ3n) is 4.72. The first-order valence-corrected chi connectivity index (χ1v) is 9.37. The number of hydrogen-bond acceptors (Lipinski definition) is 4. The van der Waals surface area contributed by atoms with E-state index in [2.05, 4.69) is 16.5 Å². The van der Waals surface area contributed by atoms with Gasteiger partial charge in [0, 0.05) is 26.2 Å². The Morgan fingerprint density at radius 2 is 1.76 bits per heavy atom. The highest BCUT2D eigenvalue weighted by atomic mass is 32.2. The van der Waals surface area contributed by atoms with Gasteiger partial charge in [0.05, 0.1) is 10.5 Å². The molecule has 0 spiro atoms. The van der Waals surface area contributed by atoms with Crippen LogP contribution in [0.5, 0.6) is 0 Å². The molecule has 21 heavy (non-hydrogen) atoms. The van der Waals surface area contributed by atoms with E-state index in [1.165, 1.54) is 4.31 Å². The first-order valence-electron chi connectivity index (χ1n) is 7.53. The van der Waals surface area contributed by atoms with E-state index in [0.717, 1.165) is 25.9 Å². The van der Waals surface area contributed by atoms with E-state index in [-0.39, 0.29) is 4.99 Å². The van der Waals surface area contributed by atoms with Crippen LogP contribution in [-0.4, -0.2) is 61.4 Å². The van der Waals surface area contributed by atoms with Gasteiger partial charge in [0.25, 0.3) is 10.2 Å². The molecule has 0 aromatic carbocycles. The van der Waals surface area contributed by atoms with Crippen LogP contribution in [-0.2, 0) is 10.2 Å². The Bertz CT molecular complexity index is 478. The Kier molecular flexibility index (Phi) is 5.25. The summed E-state index contributed by atoms with van der Waals surface area (Å²) in [6.07, 6.45) is 3.07. The van der Waals surface area contributed by atoms with Gasteiger partial charge in [0.2, 0.25) is 0 Å². The molecule has 2 aliphatic rings. The lowest BCUT2D eigenvalue weighted by atomic mass is 9.89. The predicted octanol–water partition coefficient (Wildman–Crippen LogP) is 0.303. The summed E-state index contributed by atoms with van der Waals surface area (Å²) in [4.78, 5) is 2.41. The molecule has 0 aliphatic carbocycles. The van der Waals surface area contributed by atoms with Crippen LogP contribution < -0.4 is 10.5 Å². The highest BCUT2D eigenvalue weighted by molar-refractivity contribution is 7.87. The maximum Gasteiger partial charge on any atom is 0.280 e. The van der Waals surface area contributed by atoms with Gasteiger partial charge in [0.15, 0.2) is 0 Å². The molecule has 6 nitrogen and oxygen atoms in total. The summed E-state index contributed by atoms with van der Waals surface area (Å²) in [7, 11) is -1.51. The average molecular weight is 335 g/mol. The van der Waals surface area contributed by atoms with Gasteiger partial charge in [-0.2, -0.15) is 17.4 Å². The molecule has 2 aliphatic heterocycles. The molecule has 0 radical (unpaired) electrons. The monoisotopic (exact) mass is 334 g/mol. The van der Waals surface area contributed by atoms with Gasteiger partial charge in [-0.1, -0.05) is 19.1 Å². The van der Waals surface area contributed by atoms with Crippen molar-refractivity contribution >= 4 is 27.4 Å². The number of thiocarbonyl (C=S) groups is 1. The molecule has 0 atom stereocenters. The molecular formula is C13H26N4O2S2. The van der Waals surface area contributed by atoms with E-state index in [9.17, 15) is 8.42 Å². The van der Waals surface area contributed by atoms with E-state index < -0.39 is 15.7 Å². The normalized spacial score (nSPS) is 25.8. The standard InChI is InChI=1S/C13H26N4O2S2/c1-11-3-7-17(8-4-11)21(18,19)15-13(12(14)20)5-9-16(2)10-6-13/h11,15H,3-10H2,1-2H3,(H2,14,20). The predicted molar refractivity (Wildman–Crippen MR) is 88.3 cm³/mol. The summed E-state index contributed by atoms with van der Waals surface area (Å²) in [6, 6.07) is 0. The minimum atomic E-state index is -3.53. The van der Waals surface area contributed by atoms with Crippen molar-refractivity contribution in [1.82, 2.24) is 13.9 Å². The van der Waals surface area contributed by atoms with Crippen molar-refractivity contribution in [2.45, 2.75) is 38.1 Å². The van der Waals surface area contributed by atoms with Crippen LogP contribution in [0.15, 0.2) is 0 Å². The average Bonchev–Trinajstić information content (AvgIpc) is 2.41. The van der Waals surface area contributed by atoms with Gasteiger partial charge in [0.1, 0.15) is 0 Å². The van der Waals surface area contributed by atoms with Crippen LogP contribution in [0.1, 0.15) is 32.6 Å². The second-order valence-corrected chi connectivity index (χ2v) is 8.55. The number of hydrogen-bond donors (Lipinski definition) is 2. The fourth-order valence-electron chi connectivity index (χ4n) is 2.94. The lowest BCUT2D eigenvalue weighted by molar-refractivity contribution is 0.215. The Morgan fingerprint density at radius 1 is 1.24 bits per heavy atom. The molecule has 2 heterocycles. The van der Waals surface area contributed by atoms with Crippen molar-refractivity contribution in [2.75, 3.05) is 33.2 Å². The lowest BCUT2D eigenvalue weighted by Crippen LogP contribution is -2.63. The Balaban J connectivity index is 2.11. The molecule has 0 aromatic heterocycles. The van der Waals surface area contributed by atoms with Crippen molar-refractivity contribution in [3.05, 3.63) is 0 Å². The molecule has 0 amide bonds. The van der Waals surface area contributed by atoms with Gasteiger partial charge in [-0.25, -0.2) is 0 Å². The molecule has 2 fully saturated rings. The van der Waals surface area contributed by atoms with Crippen LogP contribution in [0.4, 0.5) is 0 Å². The molecule has 2 rings (SSSR count). The van der Waals surface area contributed by atoms with Crippen LogP contribution in [0, 0.1) is 5.92 Å². The summed E-state index contributed by atoms with van der Waals surface area (Å²) in [5.41, 5.74) is 5.10. The van der Waals surface area contributed by atoms with Crippen molar-refractivity contribution in [3.8, 4) is 0 Å². The number of nitrogens with two attached hydrogens (primary N) is 1. The number of likely N-dealkylation sites (tertiary alicyclic amines) is 1. The Labute approximate surface area is 133 Å². The quantitative estimate of drug-likeness (QED) is 0.723. The van der Waals surface area contributed by atoms with Gasteiger partial charge in [-0.15, -0.1) is 0 Å². The maximum absolute atomic E-state index is 12.6. The minimum absolute atomic E-state index is 0.254. The molecule has 0 saturated carbocycles. The second kappa shape index (κ2) is 6.45. The number of piperidine rings is 2. The molecule has 3 N–H and O–H groups in total. The van der Waals surface area contributed by atoms with Crippen LogP contribution in [0.25, 0.3) is 0 Å². The molecule has 0 bridgehead atoms. The van der Waals surface area contributed by atoms with Crippen molar-refractivity contribution in [3.63, 3.8) is 0 Å². The maximum atomic E-state index is 12.6. The van der Waals surface area contributed by atoms with Crippen LogP contribution in [0.2, 0.25) is 0 Å². The van der Waals surface area contributed by atoms with Crippen molar-refractivity contribution < 1.29 is 8.42 Å². The number of nitrogens with one attached hydrogen (secondary N) is 1. The largest absolute Gasteiger partial charge is 0.392 e. The minimum Gasteiger partial charge on any atom is -0.392 e. The highest BCUT2D eigenvalue weighted by Crippen LogP contribution is 2.25. The smallest absolute Gasteiger partial charge is 0.280 e. The molecule has 122 valence electrons. The fraction of sp³-hybridized carbons (Fsp3) is 0.923. The first kappa shape index (κ1) is 17.1. The van der Waals surface area contributed by atoms with E-state index in [1.54, 1.807) is 0 Å². The second-order valence-electron chi connectivity index (χ2n) is 6.44. The molecular weight excluding hydrogens is 308 g/mol. The Hall–Kier alpha value is -0.280. The zero-order chi connectivity index (χ0) is 15.7. The van der Waals surface area contributed by atoms with E-state index in [4.69, 9.17) is 18.0 Å². The topological polar surface area (TPSA) is 78.7 Å². The first-order chi connectivity index (χ1) is 9.75. The molecule has 8 heteroatoms. The van der Waals surface area contributed by atoms with E-state index in [1.807, 2.05) is 7.05 Å². The molecule has 0 aromatic rings. The van der Waals surface area contributed by atoms with Gasteiger partial charge in [-0.05, 0) is 38.6 Å². The highest BCUT2D eigenvalue weighted by Gasteiger charge is 2.42. The number of nitrogens with zero attached hydrogens (tertiary/aromatic N) is 2. The lowest BCUT2D eigenvalue weighted by Gasteiger charge is -2.41. The molecule has 2 saturated heterocycles.